The number of anilines is 2. The first kappa shape index (κ1) is 22.9. The predicted octanol–water partition coefficient (Wildman–Crippen LogP) is 3.32. The van der Waals surface area contributed by atoms with E-state index in [-0.39, 0.29) is 17.2 Å². The molecule has 1 N–H and O–H groups in total. The molecule has 1 aliphatic heterocycles. The summed E-state index contributed by atoms with van der Waals surface area (Å²) in [6.45, 7) is 1.81. The lowest BCUT2D eigenvalue weighted by molar-refractivity contribution is -0.115. The fourth-order valence-corrected chi connectivity index (χ4v) is 5.72. The summed E-state index contributed by atoms with van der Waals surface area (Å²) in [6.07, 6.45) is 5.15. The van der Waals surface area contributed by atoms with E-state index in [1.165, 1.54) is 16.4 Å². The Kier molecular flexibility index (Phi) is 6.43. The quantitative estimate of drug-likeness (QED) is 0.448. The number of fused-ring (bicyclic) bond motifs is 1. The van der Waals surface area contributed by atoms with Gasteiger partial charge in [0.2, 0.25) is 15.9 Å². The Balaban J connectivity index is 1.22. The fourth-order valence-electron chi connectivity index (χ4n) is 4.30. The molecule has 3 aromatic carbocycles. The Morgan fingerprint density at radius 2 is 1.63 bits per heavy atom. The maximum Gasteiger partial charge on any atom is 0.243 e. The number of hydrogen-bond acceptors (Lipinski definition) is 6. The third-order valence-electron chi connectivity index (χ3n) is 6.12. The normalized spacial score (nSPS) is 14.7. The standard InChI is InChI=1S/C26H25N5O3S/c32-26(18-21-6-3-5-20-4-1-2-7-24(20)21)29-22-8-10-23(11-9-22)35(33,34)31-16-14-30(15-17-31)25-19-27-12-13-28-25/h1-13,19H,14-18H2,(H,29,32). The monoisotopic (exact) mass is 487 g/mol. The summed E-state index contributed by atoms with van der Waals surface area (Å²) >= 11 is 0. The molecular formula is C26H25N5O3S. The first-order valence-corrected chi connectivity index (χ1v) is 12.8. The van der Waals surface area contributed by atoms with E-state index >= 15 is 0 Å². The molecule has 9 heteroatoms. The Labute approximate surface area is 204 Å². The first-order valence-electron chi connectivity index (χ1n) is 11.4. The van der Waals surface area contributed by atoms with Crippen molar-refractivity contribution in [3.63, 3.8) is 0 Å². The molecule has 0 unspecified atom stereocenters. The molecule has 0 spiro atoms. The van der Waals surface area contributed by atoms with E-state index in [0.29, 0.717) is 31.9 Å². The Bertz CT molecular complexity index is 1430. The van der Waals surface area contributed by atoms with Crippen LogP contribution in [0, 0.1) is 0 Å². The SMILES string of the molecule is O=C(Cc1cccc2ccccc12)Nc1ccc(S(=O)(=O)N2CCN(c3cnccn3)CC2)cc1. The van der Waals surface area contributed by atoms with Crippen LogP contribution in [0.4, 0.5) is 11.5 Å². The number of nitrogens with one attached hydrogen (secondary N) is 1. The summed E-state index contributed by atoms with van der Waals surface area (Å²) in [5.74, 6) is 0.588. The van der Waals surface area contributed by atoms with Crippen LogP contribution in [0.3, 0.4) is 0 Å². The second-order valence-corrected chi connectivity index (χ2v) is 10.3. The molecule has 1 aliphatic rings. The van der Waals surface area contributed by atoms with Gasteiger partial charge >= 0.3 is 0 Å². The number of piperazine rings is 1. The van der Waals surface area contributed by atoms with Crippen LogP contribution in [-0.4, -0.2) is 54.8 Å². The van der Waals surface area contributed by atoms with Crippen molar-refractivity contribution in [3.8, 4) is 0 Å². The highest BCUT2D eigenvalue weighted by Gasteiger charge is 2.29. The van der Waals surface area contributed by atoms with Gasteiger partial charge in [-0.25, -0.2) is 13.4 Å². The van der Waals surface area contributed by atoms with E-state index in [9.17, 15) is 13.2 Å². The number of amides is 1. The minimum atomic E-state index is -3.63. The van der Waals surface area contributed by atoms with Gasteiger partial charge in [-0.2, -0.15) is 4.31 Å². The molecule has 0 bridgehead atoms. The molecule has 0 radical (unpaired) electrons. The second-order valence-electron chi connectivity index (χ2n) is 8.34. The number of carbonyl (C=O) groups is 1. The number of benzene rings is 3. The van der Waals surface area contributed by atoms with Crippen molar-refractivity contribution in [2.45, 2.75) is 11.3 Å². The van der Waals surface area contributed by atoms with Gasteiger partial charge in [0.05, 0.1) is 17.5 Å². The molecule has 8 nitrogen and oxygen atoms in total. The summed E-state index contributed by atoms with van der Waals surface area (Å²) in [4.78, 5) is 23.2. The highest BCUT2D eigenvalue weighted by Crippen LogP contribution is 2.22. The maximum absolute atomic E-state index is 13.1. The van der Waals surface area contributed by atoms with Crippen molar-refractivity contribution >= 4 is 38.2 Å². The molecule has 35 heavy (non-hydrogen) atoms. The highest BCUT2D eigenvalue weighted by molar-refractivity contribution is 7.89. The van der Waals surface area contributed by atoms with Crippen LogP contribution in [0.2, 0.25) is 0 Å². The van der Waals surface area contributed by atoms with Crippen LogP contribution < -0.4 is 10.2 Å². The van der Waals surface area contributed by atoms with E-state index in [1.807, 2.05) is 47.4 Å². The third-order valence-corrected chi connectivity index (χ3v) is 8.03. The van der Waals surface area contributed by atoms with E-state index in [1.54, 1.807) is 30.7 Å². The summed E-state index contributed by atoms with van der Waals surface area (Å²) < 4.78 is 27.7. The summed E-state index contributed by atoms with van der Waals surface area (Å²) in [7, 11) is -3.63. The molecule has 2 heterocycles. The van der Waals surface area contributed by atoms with E-state index in [0.717, 1.165) is 22.2 Å². The second kappa shape index (κ2) is 9.81. The third kappa shape index (κ3) is 5.01. The van der Waals surface area contributed by atoms with Gasteiger partial charge in [-0.3, -0.25) is 9.78 Å². The minimum Gasteiger partial charge on any atom is -0.353 e. The van der Waals surface area contributed by atoms with Gasteiger partial charge in [-0.15, -0.1) is 0 Å². The number of rotatable bonds is 6. The fraction of sp³-hybridized carbons (Fsp3) is 0.192. The average molecular weight is 488 g/mol. The van der Waals surface area contributed by atoms with E-state index in [2.05, 4.69) is 15.3 Å². The molecule has 0 atom stereocenters. The lowest BCUT2D eigenvalue weighted by atomic mass is 10.0. The van der Waals surface area contributed by atoms with Crippen LogP contribution in [-0.2, 0) is 21.2 Å². The van der Waals surface area contributed by atoms with Crippen molar-refractivity contribution < 1.29 is 13.2 Å². The zero-order valence-electron chi connectivity index (χ0n) is 19.0. The topological polar surface area (TPSA) is 95.5 Å². The maximum atomic E-state index is 13.1. The van der Waals surface area contributed by atoms with E-state index < -0.39 is 10.0 Å². The summed E-state index contributed by atoms with van der Waals surface area (Å²) in [5, 5.41) is 5.01. The predicted molar refractivity (Wildman–Crippen MR) is 136 cm³/mol. The molecule has 1 aromatic heterocycles. The zero-order chi connectivity index (χ0) is 24.3. The number of carbonyl (C=O) groups excluding carboxylic acids is 1. The Hall–Kier alpha value is -3.82. The van der Waals surface area contributed by atoms with Gasteiger partial charge in [-0.05, 0) is 40.6 Å². The van der Waals surface area contributed by atoms with Crippen LogP contribution in [0.25, 0.3) is 10.8 Å². The van der Waals surface area contributed by atoms with Gasteiger partial charge in [0.1, 0.15) is 5.82 Å². The van der Waals surface area contributed by atoms with Crippen LogP contribution >= 0.6 is 0 Å². The van der Waals surface area contributed by atoms with Crippen LogP contribution in [0.5, 0.6) is 0 Å². The Morgan fingerprint density at radius 3 is 2.37 bits per heavy atom. The average Bonchev–Trinajstić information content (AvgIpc) is 2.90. The minimum absolute atomic E-state index is 0.155. The first-order chi connectivity index (χ1) is 17.0. The molecule has 5 rings (SSSR count). The van der Waals surface area contributed by atoms with Crippen LogP contribution in [0.1, 0.15) is 5.56 Å². The lowest BCUT2D eigenvalue weighted by Crippen LogP contribution is -2.48. The molecular weight excluding hydrogens is 462 g/mol. The lowest BCUT2D eigenvalue weighted by Gasteiger charge is -2.34. The molecule has 1 amide bonds. The van der Waals surface area contributed by atoms with Gasteiger partial charge in [-0.1, -0.05) is 42.5 Å². The highest BCUT2D eigenvalue weighted by atomic mass is 32.2. The van der Waals surface area contributed by atoms with Crippen molar-refractivity contribution in [2.75, 3.05) is 36.4 Å². The molecule has 178 valence electrons. The zero-order valence-corrected chi connectivity index (χ0v) is 19.9. The number of sulfonamides is 1. The van der Waals surface area contributed by atoms with Crippen LogP contribution in [0.15, 0.2) is 90.2 Å². The van der Waals surface area contributed by atoms with Gasteiger partial charge in [0.25, 0.3) is 0 Å². The molecule has 1 saturated heterocycles. The number of nitrogens with zero attached hydrogens (tertiary/aromatic N) is 4. The van der Waals surface area contributed by atoms with E-state index in [4.69, 9.17) is 0 Å². The van der Waals surface area contributed by atoms with Gasteiger partial charge in [0, 0.05) is 44.3 Å². The van der Waals surface area contributed by atoms with Crippen molar-refractivity contribution in [2.24, 2.45) is 0 Å². The van der Waals surface area contributed by atoms with Crippen molar-refractivity contribution in [1.29, 1.82) is 0 Å². The number of hydrogen-bond donors (Lipinski definition) is 1. The van der Waals surface area contributed by atoms with Crippen molar-refractivity contribution in [1.82, 2.24) is 14.3 Å². The molecule has 0 aliphatic carbocycles. The van der Waals surface area contributed by atoms with Gasteiger partial charge < -0.3 is 10.2 Å². The largest absolute Gasteiger partial charge is 0.353 e. The number of aromatic nitrogens is 2. The smallest absolute Gasteiger partial charge is 0.243 e. The summed E-state index contributed by atoms with van der Waals surface area (Å²) in [6, 6.07) is 20.2. The molecule has 1 fully saturated rings. The molecule has 0 saturated carbocycles. The van der Waals surface area contributed by atoms with Gasteiger partial charge in [0.15, 0.2) is 0 Å². The Morgan fingerprint density at radius 1 is 0.886 bits per heavy atom. The van der Waals surface area contributed by atoms with Crippen molar-refractivity contribution in [3.05, 3.63) is 90.9 Å². The summed E-state index contributed by atoms with van der Waals surface area (Å²) in [5.41, 5.74) is 1.50. The molecule has 4 aromatic rings.